The molecule has 2 unspecified atom stereocenters. The van der Waals surface area contributed by atoms with E-state index in [0.717, 1.165) is 30.9 Å². The summed E-state index contributed by atoms with van der Waals surface area (Å²) in [5, 5.41) is 0. The van der Waals surface area contributed by atoms with Crippen LogP contribution in [0.1, 0.15) is 31.3 Å². The van der Waals surface area contributed by atoms with Crippen molar-refractivity contribution in [2.45, 2.75) is 39.3 Å². The summed E-state index contributed by atoms with van der Waals surface area (Å²) < 4.78 is 5.52. The van der Waals surface area contributed by atoms with Crippen LogP contribution < -0.4 is 5.73 Å². The summed E-state index contributed by atoms with van der Waals surface area (Å²) in [6.07, 6.45) is 2.23. The summed E-state index contributed by atoms with van der Waals surface area (Å²) in [6, 6.07) is 4.17. The van der Waals surface area contributed by atoms with Gasteiger partial charge in [-0.2, -0.15) is 0 Å². The molecule has 1 amide bonds. The lowest BCUT2D eigenvalue weighted by Crippen LogP contribution is -2.50. The Morgan fingerprint density at radius 1 is 1.52 bits per heavy atom. The molecule has 5 heteroatoms. The fourth-order valence-electron chi connectivity index (χ4n) is 2.94. The predicted molar refractivity (Wildman–Crippen MR) is 82.7 cm³/mol. The largest absolute Gasteiger partial charge is 0.464 e. The third kappa shape index (κ3) is 4.32. The Kier molecular flexibility index (Phi) is 5.42. The van der Waals surface area contributed by atoms with Gasteiger partial charge in [-0.25, -0.2) is 0 Å². The van der Waals surface area contributed by atoms with Crippen LogP contribution in [0, 0.1) is 12.8 Å². The first-order valence-electron chi connectivity index (χ1n) is 7.73. The molecule has 2 atom stereocenters. The first-order valence-corrected chi connectivity index (χ1v) is 7.73. The van der Waals surface area contributed by atoms with Crippen LogP contribution in [0.15, 0.2) is 16.5 Å². The number of hydrogen-bond acceptors (Lipinski definition) is 4. The number of nitrogens with zero attached hydrogens (tertiary/aromatic N) is 2. The van der Waals surface area contributed by atoms with Crippen molar-refractivity contribution in [2.24, 2.45) is 11.7 Å². The fraction of sp³-hybridized carbons (Fsp3) is 0.688. The molecule has 1 aromatic heterocycles. The van der Waals surface area contributed by atoms with Gasteiger partial charge in [0, 0.05) is 19.6 Å². The third-order valence-corrected chi connectivity index (χ3v) is 4.33. The maximum absolute atomic E-state index is 12.4. The second-order valence-electron chi connectivity index (χ2n) is 6.25. The van der Waals surface area contributed by atoms with Gasteiger partial charge in [0.2, 0.25) is 5.91 Å². The molecule has 1 aliphatic rings. The molecule has 1 aromatic rings. The zero-order valence-corrected chi connectivity index (χ0v) is 13.3. The van der Waals surface area contributed by atoms with Crippen molar-refractivity contribution >= 4 is 5.91 Å². The highest BCUT2D eigenvalue weighted by Crippen LogP contribution is 2.21. The van der Waals surface area contributed by atoms with Gasteiger partial charge in [0.1, 0.15) is 11.5 Å². The molecule has 0 saturated carbocycles. The molecule has 21 heavy (non-hydrogen) atoms. The van der Waals surface area contributed by atoms with Gasteiger partial charge in [0.25, 0.3) is 0 Å². The Bertz CT molecular complexity index is 472. The van der Waals surface area contributed by atoms with Crippen molar-refractivity contribution in [1.82, 2.24) is 9.80 Å². The van der Waals surface area contributed by atoms with Crippen LogP contribution in [-0.2, 0) is 11.3 Å². The van der Waals surface area contributed by atoms with Gasteiger partial charge >= 0.3 is 0 Å². The van der Waals surface area contributed by atoms with E-state index in [4.69, 9.17) is 10.2 Å². The Hall–Kier alpha value is -1.33. The van der Waals surface area contributed by atoms with Gasteiger partial charge in [0.05, 0.1) is 13.1 Å². The van der Waals surface area contributed by atoms with E-state index in [2.05, 4.69) is 11.8 Å². The van der Waals surface area contributed by atoms with Crippen molar-refractivity contribution in [3.8, 4) is 0 Å². The Labute approximate surface area is 127 Å². The van der Waals surface area contributed by atoms with Crippen molar-refractivity contribution in [1.29, 1.82) is 0 Å². The van der Waals surface area contributed by atoms with Crippen molar-refractivity contribution in [3.63, 3.8) is 0 Å². The predicted octanol–water partition coefficient (Wildman–Crippen LogP) is 1.61. The zero-order chi connectivity index (χ0) is 15.4. The number of furan rings is 1. The topological polar surface area (TPSA) is 62.7 Å². The molecular formula is C16H27N3O2. The summed E-state index contributed by atoms with van der Waals surface area (Å²) in [6.45, 7) is 6.72. The molecule has 2 rings (SSSR count). The summed E-state index contributed by atoms with van der Waals surface area (Å²) in [5.74, 6) is 2.52. The Morgan fingerprint density at radius 2 is 2.29 bits per heavy atom. The summed E-state index contributed by atoms with van der Waals surface area (Å²) in [4.78, 5) is 16.3. The maximum Gasteiger partial charge on any atom is 0.236 e. The van der Waals surface area contributed by atoms with E-state index in [1.807, 2.05) is 26.1 Å². The van der Waals surface area contributed by atoms with E-state index in [-0.39, 0.29) is 5.91 Å². The fourth-order valence-corrected chi connectivity index (χ4v) is 2.94. The molecule has 0 spiro atoms. The van der Waals surface area contributed by atoms with Crippen LogP contribution in [0.4, 0.5) is 0 Å². The number of amides is 1. The van der Waals surface area contributed by atoms with Crippen LogP contribution in [0.2, 0.25) is 0 Å². The monoisotopic (exact) mass is 293 g/mol. The number of aryl methyl sites for hydroxylation is 1. The molecule has 0 aliphatic carbocycles. The molecule has 0 radical (unpaired) electrons. The quantitative estimate of drug-likeness (QED) is 0.896. The highest BCUT2D eigenvalue weighted by molar-refractivity contribution is 5.78. The summed E-state index contributed by atoms with van der Waals surface area (Å²) >= 11 is 0. The molecular weight excluding hydrogens is 266 g/mol. The van der Waals surface area contributed by atoms with Gasteiger partial charge in [-0.15, -0.1) is 0 Å². The number of carbonyl (C=O) groups excluding carboxylic acids is 1. The molecule has 1 aliphatic heterocycles. The zero-order valence-electron chi connectivity index (χ0n) is 13.3. The molecule has 118 valence electrons. The van der Waals surface area contributed by atoms with E-state index in [1.54, 1.807) is 4.90 Å². The number of piperidine rings is 1. The summed E-state index contributed by atoms with van der Waals surface area (Å²) in [5.41, 5.74) is 5.85. The number of hydrogen-bond donors (Lipinski definition) is 1. The second kappa shape index (κ2) is 7.09. The molecule has 0 bridgehead atoms. The number of carbonyl (C=O) groups is 1. The molecule has 0 aromatic carbocycles. The van der Waals surface area contributed by atoms with Gasteiger partial charge < -0.3 is 15.1 Å². The molecule has 2 N–H and O–H groups in total. The minimum absolute atomic E-state index is 0.122. The smallest absolute Gasteiger partial charge is 0.236 e. The van der Waals surface area contributed by atoms with Crippen molar-refractivity contribution < 1.29 is 9.21 Å². The van der Waals surface area contributed by atoms with E-state index in [0.29, 0.717) is 31.6 Å². The van der Waals surface area contributed by atoms with E-state index < -0.39 is 0 Å². The van der Waals surface area contributed by atoms with Crippen LogP contribution in [0.25, 0.3) is 0 Å². The maximum atomic E-state index is 12.4. The lowest BCUT2D eigenvalue weighted by Gasteiger charge is -2.38. The molecule has 2 heterocycles. The van der Waals surface area contributed by atoms with E-state index in [9.17, 15) is 4.79 Å². The highest BCUT2D eigenvalue weighted by Gasteiger charge is 2.27. The first-order chi connectivity index (χ1) is 9.99. The van der Waals surface area contributed by atoms with Crippen LogP contribution in [0.3, 0.4) is 0 Å². The average molecular weight is 293 g/mol. The van der Waals surface area contributed by atoms with Gasteiger partial charge in [-0.3, -0.25) is 9.69 Å². The third-order valence-electron chi connectivity index (χ3n) is 4.33. The molecule has 1 saturated heterocycles. The van der Waals surface area contributed by atoms with Crippen LogP contribution >= 0.6 is 0 Å². The van der Waals surface area contributed by atoms with E-state index in [1.165, 1.54) is 0 Å². The van der Waals surface area contributed by atoms with Gasteiger partial charge in [0.15, 0.2) is 0 Å². The minimum Gasteiger partial charge on any atom is -0.464 e. The lowest BCUT2D eigenvalue weighted by atomic mass is 9.92. The van der Waals surface area contributed by atoms with Crippen molar-refractivity contribution in [2.75, 3.05) is 26.7 Å². The highest BCUT2D eigenvalue weighted by atomic mass is 16.3. The van der Waals surface area contributed by atoms with Crippen LogP contribution in [0.5, 0.6) is 0 Å². The first kappa shape index (κ1) is 16.0. The normalized spacial score (nSPS) is 23.2. The van der Waals surface area contributed by atoms with Gasteiger partial charge in [-0.05, 0) is 44.4 Å². The van der Waals surface area contributed by atoms with Crippen LogP contribution in [-0.4, -0.2) is 48.4 Å². The van der Waals surface area contributed by atoms with Gasteiger partial charge in [-0.1, -0.05) is 6.92 Å². The standard InChI is InChI=1S/C16H27N3O2/c1-12-6-7-19(14(8-12)9-17)11-16(20)18(3)10-15-5-4-13(2)21-15/h4-5,12,14H,6-11,17H2,1-3H3. The lowest BCUT2D eigenvalue weighted by molar-refractivity contribution is -0.133. The summed E-state index contributed by atoms with van der Waals surface area (Å²) in [7, 11) is 1.82. The molecule has 1 fully saturated rings. The average Bonchev–Trinajstić information content (AvgIpc) is 2.85. The minimum atomic E-state index is 0.122. The SMILES string of the molecule is Cc1ccc(CN(C)C(=O)CN2CCC(C)CC2CN)o1. The number of rotatable bonds is 5. The second-order valence-corrected chi connectivity index (χ2v) is 6.25. The van der Waals surface area contributed by atoms with Crippen molar-refractivity contribution in [3.05, 3.63) is 23.7 Å². The Balaban J connectivity index is 1.87. The number of likely N-dealkylation sites (N-methyl/N-ethyl adjacent to an activating group) is 1. The Morgan fingerprint density at radius 3 is 2.90 bits per heavy atom. The van der Waals surface area contributed by atoms with E-state index >= 15 is 0 Å². The number of nitrogens with two attached hydrogens (primary N) is 1. The number of likely N-dealkylation sites (tertiary alicyclic amines) is 1. The molecule has 5 nitrogen and oxygen atoms in total.